The van der Waals surface area contributed by atoms with Crippen LogP contribution in [-0.2, 0) is 0 Å². The van der Waals surface area contributed by atoms with Gasteiger partial charge < -0.3 is 15.7 Å². The SMILES string of the molecule is C#CC(C)(C)NC(=O)Nc1cc(C(=O)O)c(F)cc1F. The predicted octanol–water partition coefficient (Wildman–Crippen LogP) is 2.20. The second-order valence-corrected chi connectivity index (χ2v) is 4.47. The van der Waals surface area contributed by atoms with E-state index in [2.05, 4.69) is 16.6 Å². The molecule has 20 heavy (non-hydrogen) atoms. The number of urea groups is 1. The molecule has 7 heteroatoms. The number of carboxylic acids is 1. The zero-order chi connectivity index (χ0) is 15.5. The molecule has 0 atom stereocenters. The van der Waals surface area contributed by atoms with Crippen molar-refractivity contribution in [3.05, 3.63) is 29.3 Å². The number of rotatable bonds is 3. The van der Waals surface area contributed by atoms with Crippen molar-refractivity contribution in [2.75, 3.05) is 5.32 Å². The van der Waals surface area contributed by atoms with Crippen molar-refractivity contribution in [1.82, 2.24) is 5.32 Å². The number of carbonyl (C=O) groups is 2. The molecule has 0 spiro atoms. The average molecular weight is 282 g/mol. The lowest BCUT2D eigenvalue weighted by atomic mass is 10.1. The van der Waals surface area contributed by atoms with Crippen molar-refractivity contribution in [3.63, 3.8) is 0 Å². The van der Waals surface area contributed by atoms with Gasteiger partial charge in [-0.3, -0.25) is 0 Å². The van der Waals surface area contributed by atoms with Gasteiger partial charge in [0.2, 0.25) is 0 Å². The molecular formula is C13H12F2N2O3. The highest BCUT2D eigenvalue weighted by Crippen LogP contribution is 2.19. The molecule has 3 N–H and O–H groups in total. The van der Waals surface area contributed by atoms with Gasteiger partial charge in [0, 0.05) is 6.07 Å². The van der Waals surface area contributed by atoms with Gasteiger partial charge in [0.15, 0.2) is 0 Å². The lowest BCUT2D eigenvalue weighted by molar-refractivity contribution is 0.0691. The van der Waals surface area contributed by atoms with Gasteiger partial charge >= 0.3 is 12.0 Å². The van der Waals surface area contributed by atoms with E-state index in [1.165, 1.54) is 13.8 Å². The number of aromatic carboxylic acids is 1. The van der Waals surface area contributed by atoms with Gasteiger partial charge in [0.25, 0.3) is 0 Å². The minimum atomic E-state index is -1.57. The van der Waals surface area contributed by atoms with E-state index >= 15 is 0 Å². The molecule has 0 bridgehead atoms. The topological polar surface area (TPSA) is 78.4 Å². The Bertz CT molecular complexity index is 606. The summed E-state index contributed by atoms with van der Waals surface area (Å²) in [5, 5.41) is 13.1. The van der Waals surface area contributed by atoms with Crippen LogP contribution in [0.1, 0.15) is 24.2 Å². The third-order valence-corrected chi connectivity index (χ3v) is 2.32. The molecular weight excluding hydrogens is 270 g/mol. The Morgan fingerprint density at radius 3 is 2.40 bits per heavy atom. The maximum Gasteiger partial charge on any atom is 0.338 e. The molecule has 0 unspecified atom stereocenters. The summed E-state index contributed by atoms with van der Waals surface area (Å²) >= 11 is 0. The number of hydrogen-bond acceptors (Lipinski definition) is 2. The number of hydrogen-bond donors (Lipinski definition) is 3. The predicted molar refractivity (Wildman–Crippen MR) is 68.4 cm³/mol. The molecule has 1 aromatic rings. The second kappa shape index (κ2) is 5.57. The summed E-state index contributed by atoms with van der Waals surface area (Å²) in [5.74, 6) is -1.61. The highest BCUT2D eigenvalue weighted by molar-refractivity contribution is 5.93. The second-order valence-electron chi connectivity index (χ2n) is 4.47. The van der Waals surface area contributed by atoms with Crippen LogP contribution in [0.5, 0.6) is 0 Å². The summed E-state index contributed by atoms with van der Waals surface area (Å²) in [6.07, 6.45) is 5.17. The highest BCUT2D eigenvalue weighted by atomic mass is 19.1. The Hall–Kier alpha value is -2.62. The number of benzene rings is 1. The molecule has 106 valence electrons. The number of carboxylic acid groups (broad SMARTS) is 1. The average Bonchev–Trinajstić information content (AvgIpc) is 2.31. The van der Waals surface area contributed by atoms with Crippen molar-refractivity contribution in [2.24, 2.45) is 0 Å². The summed E-state index contributed by atoms with van der Waals surface area (Å²) < 4.78 is 26.6. The lowest BCUT2D eigenvalue weighted by Crippen LogP contribution is -2.44. The fourth-order valence-corrected chi connectivity index (χ4v) is 1.28. The van der Waals surface area contributed by atoms with Gasteiger partial charge in [-0.1, -0.05) is 5.92 Å². The Morgan fingerprint density at radius 1 is 1.30 bits per heavy atom. The molecule has 5 nitrogen and oxygen atoms in total. The van der Waals surface area contributed by atoms with Gasteiger partial charge in [-0.2, -0.15) is 0 Å². The minimum absolute atomic E-state index is 0.380. The third kappa shape index (κ3) is 3.68. The summed E-state index contributed by atoms with van der Waals surface area (Å²) in [6, 6.07) is 0.232. The van der Waals surface area contributed by atoms with Crippen LogP contribution in [0.15, 0.2) is 12.1 Å². The van der Waals surface area contributed by atoms with Crippen LogP contribution < -0.4 is 10.6 Å². The first-order valence-corrected chi connectivity index (χ1v) is 5.45. The Kier molecular flexibility index (Phi) is 4.30. The first-order valence-electron chi connectivity index (χ1n) is 5.45. The van der Waals surface area contributed by atoms with E-state index in [1.54, 1.807) is 0 Å². The smallest absolute Gasteiger partial charge is 0.338 e. The standard InChI is InChI=1S/C13H12F2N2O3/c1-4-13(2,3)17-12(20)16-10-5-7(11(18)19)8(14)6-9(10)15/h1,5-6H,2-3H3,(H,18,19)(H2,16,17,20). The Balaban J connectivity index is 2.99. The van der Waals surface area contributed by atoms with Gasteiger partial charge in [-0.05, 0) is 19.9 Å². The molecule has 0 aliphatic heterocycles. The van der Waals surface area contributed by atoms with Crippen LogP contribution in [-0.4, -0.2) is 22.6 Å². The van der Waals surface area contributed by atoms with Crippen LogP contribution in [0.25, 0.3) is 0 Å². The highest BCUT2D eigenvalue weighted by Gasteiger charge is 2.20. The minimum Gasteiger partial charge on any atom is -0.478 e. The zero-order valence-corrected chi connectivity index (χ0v) is 10.8. The maximum atomic E-state index is 13.5. The van der Waals surface area contributed by atoms with E-state index in [0.29, 0.717) is 12.1 Å². The van der Waals surface area contributed by atoms with Crippen molar-refractivity contribution >= 4 is 17.7 Å². The molecule has 1 rings (SSSR count). The number of anilines is 1. The summed E-state index contributed by atoms with van der Waals surface area (Å²) in [7, 11) is 0. The number of amides is 2. The summed E-state index contributed by atoms with van der Waals surface area (Å²) in [5.41, 5.74) is -2.19. The first kappa shape index (κ1) is 15.4. The largest absolute Gasteiger partial charge is 0.478 e. The van der Waals surface area contributed by atoms with E-state index in [-0.39, 0.29) is 0 Å². The summed E-state index contributed by atoms with van der Waals surface area (Å²) in [6.45, 7) is 3.08. The monoisotopic (exact) mass is 282 g/mol. The van der Waals surface area contributed by atoms with Crippen LogP contribution in [0.2, 0.25) is 0 Å². The normalized spacial score (nSPS) is 10.6. The number of halogens is 2. The van der Waals surface area contributed by atoms with Crippen LogP contribution >= 0.6 is 0 Å². The van der Waals surface area contributed by atoms with Crippen LogP contribution in [0, 0.1) is 24.0 Å². The van der Waals surface area contributed by atoms with Crippen molar-refractivity contribution in [1.29, 1.82) is 0 Å². The van der Waals surface area contributed by atoms with Gasteiger partial charge in [-0.25, -0.2) is 18.4 Å². The quantitative estimate of drug-likeness (QED) is 0.744. The number of nitrogens with one attached hydrogen (secondary N) is 2. The van der Waals surface area contributed by atoms with E-state index in [9.17, 15) is 18.4 Å². The van der Waals surface area contributed by atoms with Gasteiger partial charge in [0.05, 0.1) is 16.8 Å². The molecule has 0 radical (unpaired) electrons. The first-order chi connectivity index (χ1) is 9.16. The molecule has 0 fully saturated rings. The van der Waals surface area contributed by atoms with Crippen LogP contribution in [0.3, 0.4) is 0 Å². The fraction of sp³-hybridized carbons (Fsp3) is 0.231. The number of carbonyl (C=O) groups excluding carboxylic acids is 1. The van der Waals surface area contributed by atoms with E-state index in [4.69, 9.17) is 11.5 Å². The van der Waals surface area contributed by atoms with Crippen molar-refractivity contribution in [2.45, 2.75) is 19.4 Å². The molecule has 0 heterocycles. The maximum absolute atomic E-state index is 13.5. The molecule has 2 amide bonds. The molecule has 0 aliphatic carbocycles. The van der Waals surface area contributed by atoms with Crippen LogP contribution in [0.4, 0.5) is 19.3 Å². The van der Waals surface area contributed by atoms with Crippen molar-refractivity contribution in [3.8, 4) is 12.3 Å². The lowest BCUT2D eigenvalue weighted by Gasteiger charge is -2.20. The van der Waals surface area contributed by atoms with Crippen molar-refractivity contribution < 1.29 is 23.5 Å². The Labute approximate surface area is 114 Å². The molecule has 0 aromatic heterocycles. The zero-order valence-electron chi connectivity index (χ0n) is 10.8. The number of terminal acetylenes is 1. The van der Waals surface area contributed by atoms with Gasteiger partial charge in [0.1, 0.15) is 11.6 Å². The van der Waals surface area contributed by atoms with E-state index in [1.807, 2.05) is 0 Å². The molecule has 0 aliphatic rings. The van der Waals surface area contributed by atoms with E-state index in [0.717, 1.165) is 0 Å². The van der Waals surface area contributed by atoms with E-state index < -0.39 is 40.4 Å². The molecule has 0 saturated carbocycles. The fourth-order valence-electron chi connectivity index (χ4n) is 1.28. The molecule has 1 aromatic carbocycles. The molecule has 0 saturated heterocycles. The third-order valence-electron chi connectivity index (χ3n) is 2.32. The Morgan fingerprint density at radius 2 is 1.90 bits per heavy atom. The summed E-state index contributed by atoms with van der Waals surface area (Å²) in [4.78, 5) is 22.3. The van der Waals surface area contributed by atoms with Gasteiger partial charge in [-0.15, -0.1) is 6.42 Å².